The van der Waals surface area contributed by atoms with Gasteiger partial charge in [0.1, 0.15) is 11.5 Å². The zero-order chi connectivity index (χ0) is 21.2. The third kappa shape index (κ3) is 7.53. The third-order valence-electron chi connectivity index (χ3n) is 5.63. The molecule has 1 heterocycles. The molecule has 31 heavy (non-hydrogen) atoms. The molecule has 1 aliphatic rings. The average Bonchev–Trinajstić information content (AvgIpc) is 2.76. The van der Waals surface area contributed by atoms with E-state index in [0.29, 0.717) is 23.6 Å². The molecule has 1 aliphatic carbocycles. The molecule has 1 aromatic heterocycles. The quantitative estimate of drug-likeness (QED) is 0.265. The van der Waals surface area contributed by atoms with E-state index in [1.54, 1.807) is 21.3 Å². The maximum absolute atomic E-state index is 5.79. The third-order valence-corrected chi connectivity index (χ3v) is 5.63. The first-order chi connectivity index (χ1) is 14.7. The largest absolute Gasteiger partial charge is 0.497 e. The molecule has 7 nitrogen and oxygen atoms in total. The van der Waals surface area contributed by atoms with E-state index < -0.39 is 0 Å². The predicted molar refractivity (Wildman–Crippen MR) is 134 cm³/mol. The molecule has 0 atom stereocenters. The van der Waals surface area contributed by atoms with Crippen molar-refractivity contribution in [3.8, 4) is 17.4 Å². The van der Waals surface area contributed by atoms with Crippen molar-refractivity contribution >= 4 is 29.9 Å². The van der Waals surface area contributed by atoms with Crippen LogP contribution in [0, 0.1) is 5.41 Å². The number of aromatic nitrogens is 1. The van der Waals surface area contributed by atoms with E-state index in [-0.39, 0.29) is 24.0 Å². The van der Waals surface area contributed by atoms with Crippen LogP contribution < -0.4 is 20.1 Å². The van der Waals surface area contributed by atoms with Gasteiger partial charge >= 0.3 is 0 Å². The number of nitrogens with one attached hydrogen (secondary N) is 2. The van der Waals surface area contributed by atoms with Crippen LogP contribution in [0.1, 0.15) is 31.2 Å². The molecule has 2 N–H and O–H groups in total. The Morgan fingerprint density at radius 3 is 2.55 bits per heavy atom. The number of nitrogens with zero attached hydrogens (tertiary/aromatic N) is 2. The Hall–Kier alpha value is -2.07. The van der Waals surface area contributed by atoms with Crippen molar-refractivity contribution in [1.82, 2.24) is 15.6 Å². The predicted octanol–water partition coefficient (Wildman–Crippen LogP) is 4.37. The molecule has 1 saturated carbocycles. The minimum atomic E-state index is 0. The van der Waals surface area contributed by atoms with Gasteiger partial charge in [0.15, 0.2) is 5.96 Å². The molecule has 2 aromatic rings. The van der Waals surface area contributed by atoms with Gasteiger partial charge in [0.05, 0.1) is 7.11 Å². The summed E-state index contributed by atoms with van der Waals surface area (Å²) in [5.41, 5.74) is 1.39. The molecule has 3 rings (SSSR count). The Morgan fingerprint density at radius 1 is 1.13 bits per heavy atom. The molecule has 0 unspecified atom stereocenters. The first-order valence-corrected chi connectivity index (χ1v) is 10.4. The minimum Gasteiger partial charge on any atom is -0.497 e. The Morgan fingerprint density at radius 2 is 1.94 bits per heavy atom. The number of methoxy groups -OCH3 is 2. The van der Waals surface area contributed by atoms with Gasteiger partial charge < -0.3 is 24.8 Å². The number of aliphatic imine (C=N–C) groups is 1. The van der Waals surface area contributed by atoms with Gasteiger partial charge in [0.25, 0.3) is 0 Å². The first-order valence-electron chi connectivity index (χ1n) is 10.4. The summed E-state index contributed by atoms with van der Waals surface area (Å²) in [7, 11) is 5.19. The summed E-state index contributed by atoms with van der Waals surface area (Å²) in [6, 6.07) is 11.3. The zero-order valence-electron chi connectivity index (χ0n) is 18.5. The second-order valence-corrected chi connectivity index (χ2v) is 7.66. The lowest BCUT2D eigenvalue weighted by Crippen LogP contribution is -2.46. The van der Waals surface area contributed by atoms with Crippen molar-refractivity contribution in [2.24, 2.45) is 10.4 Å². The highest BCUT2D eigenvalue weighted by Gasteiger charge is 2.36. The summed E-state index contributed by atoms with van der Waals surface area (Å²) in [4.78, 5) is 8.74. The molecular weight excluding hydrogens is 507 g/mol. The molecule has 0 saturated heterocycles. The molecule has 0 aliphatic heterocycles. The fraction of sp³-hybridized carbons (Fsp3) is 0.478. The van der Waals surface area contributed by atoms with Crippen molar-refractivity contribution < 1.29 is 14.2 Å². The fourth-order valence-corrected chi connectivity index (χ4v) is 3.55. The molecule has 170 valence electrons. The molecule has 0 radical (unpaired) electrons. The highest BCUT2D eigenvalue weighted by molar-refractivity contribution is 14.0. The van der Waals surface area contributed by atoms with Gasteiger partial charge in [-0.15, -0.1) is 24.0 Å². The number of hydrogen-bond donors (Lipinski definition) is 2. The van der Waals surface area contributed by atoms with Gasteiger partial charge in [-0.25, -0.2) is 4.98 Å². The molecular formula is C23H33IN4O3. The van der Waals surface area contributed by atoms with E-state index in [4.69, 9.17) is 14.2 Å². The summed E-state index contributed by atoms with van der Waals surface area (Å²) in [6.07, 6.45) is 6.69. The smallest absolute Gasteiger partial charge is 0.219 e. The van der Waals surface area contributed by atoms with E-state index in [0.717, 1.165) is 36.8 Å². The van der Waals surface area contributed by atoms with Gasteiger partial charge in [-0.3, -0.25) is 4.99 Å². The first kappa shape index (κ1) is 25.2. The molecule has 0 amide bonds. The summed E-state index contributed by atoms with van der Waals surface area (Å²) >= 11 is 0. The standard InChI is InChI=1S/C23H32N4O3.HI/c1-24-22(27-17-23(10-5-11-23)12-13-28-2)26-16-18-8-9-21(25-15-18)30-20-7-4-6-19(14-20)29-3;/h4,6-9,14-15H,5,10-13,16-17H2,1-3H3,(H2,24,26,27);1H. The van der Waals surface area contributed by atoms with Crippen LogP contribution in [0.3, 0.4) is 0 Å². The van der Waals surface area contributed by atoms with Crippen molar-refractivity contribution in [1.29, 1.82) is 0 Å². The lowest BCUT2D eigenvalue weighted by Gasteiger charge is -2.42. The number of halogens is 1. The van der Waals surface area contributed by atoms with Crippen LogP contribution in [0.4, 0.5) is 0 Å². The highest BCUT2D eigenvalue weighted by atomic mass is 127. The zero-order valence-corrected chi connectivity index (χ0v) is 20.8. The Bertz CT molecular complexity index is 826. The number of benzene rings is 1. The molecule has 0 spiro atoms. The molecule has 0 bridgehead atoms. The van der Waals surface area contributed by atoms with Crippen LogP contribution in [0.15, 0.2) is 47.6 Å². The van der Waals surface area contributed by atoms with E-state index in [1.807, 2.05) is 42.6 Å². The van der Waals surface area contributed by atoms with Crippen molar-refractivity contribution in [2.75, 3.05) is 34.4 Å². The summed E-state index contributed by atoms with van der Waals surface area (Å²) < 4.78 is 16.3. The molecule has 8 heteroatoms. The topological polar surface area (TPSA) is 77.0 Å². The van der Waals surface area contributed by atoms with Crippen LogP contribution in [0.25, 0.3) is 0 Å². The van der Waals surface area contributed by atoms with E-state index in [2.05, 4.69) is 20.6 Å². The number of rotatable bonds is 10. The molecule has 1 aromatic carbocycles. The SMILES string of the molecule is CN=C(NCc1ccc(Oc2cccc(OC)c2)nc1)NCC1(CCOC)CCC1.I. The number of guanidine groups is 1. The second-order valence-electron chi connectivity index (χ2n) is 7.66. The van der Waals surface area contributed by atoms with Crippen molar-refractivity contribution in [3.05, 3.63) is 48.2 Å². The number of pyridine rings is 1. The number of hydrogen-bond acceptors (Lipinski definition) is 5. The van der Waals surface area contributed by atoms with Crippen molar-refractivity contribution in [3.63, 3.8) is 0 Å². The second kappa shape index (κ2) is 12.7. The van der Waals surface area contributed by atoms with Gasteiger partial charge in [0.2, 0.25) is 5.88 Å². The van der Waals surface area contributed by atoms with Gasteiger partial charge in [-0.05, 0) is 42.4 Å². The van der Waals surface area contributed by atoms with Crippen LogP contribution in [0.2, 0.25) is 0 Å². The maximum Gasteiger partial charge on any atom is 0.219 e. The van der Waals surface area contributed by atoms with Gasteiger partial charge in [-0.1, -0.05) is 18.6 Å². The van der Waals surface area contributed by atoms with Crippen LogP contribution in [-0.2, 0) is 11.3 Å². The van der Waals surface area contributed by atoms with Gasteiger partial charge in [0, 0.05) is 52.2 Å². The molecule has 1 fully saturated rings. The Balaban J connectivity index is 0.00000341. The van der Waals surface area contributed by atoms with E-state index in [9.17, 15) is 0 Å². The Kier molecular flexibility index (Phi) is 10.3. The lowest BCUT2D eigenvalue weighted by atomic mass is 9.67. The normalized spacial score (nSPS) is 14.7. The maximum atomic E-state index is 5.79. The van der Waals surface area contributed by atoms with Crippen LogP contribution in [0.5, 0.6) is 17.4 Å². The Labute approximate surface area is 202 Å². The summed E-state index contributed by atoms with van der Waals surface area (Å²) in [5, 5.41) is 6.83. The average molecular weight is 540 g/mol. The van der Waals surface area contributed by atoms with Crippen molar-refractivity contribution in [2.45, 2.75) is 32.2 Å². The summed E-state index contributed by atoms with van der Waals surface area (Å²) in [6.45, 7) is 2.36. The van der Waals surface area contributed by atoms with Gasteiger partial charge in [-0.2, -0.15) is 0 Å². The highest BCUT2D eigenvalue weighted by Crippen LogP contribution is 2.43. The lowest BCUT2D eigenvalue weighted by molar-refractivity contribution is 0.0732. The minimum absolute atomic E-state index is 0. The van der Waals surface area contributed by atoms with E-state index in [1.165, 1.54) is 19.3 Å². The monoisotopic (exact) mass is 540 g/mol. The summed E-state index contributed by atoms with van der Waals surface area (Å²) in [5.74, 6) is 2.78. The number of ether oxygens (including phenoxy) is 3. The van der Waals surface area contributed by atoms with Crippen LogP contribution in [-0.4, -0.2) is 45.4 Å². The van der Waals surface area contributed by atoms with Crippen LogP contribution >= 0.6 is 24.0 Å². The van der Waals surface area contributed by atoms with E-state index >= 15 is 0 Å². The fourth-order valence-electron chi connectivity index (χ4n) is 3.55.